The van der Waals surface area contributed by atoms with E-state index in [0.29, 0.717) is 38.6 Å². The largest absolute Gasteiger partial charge is 0.461 e. The minimum atomic E-state index is -1.41. The summed E-state index contributed by atoms with van der Waals surface area (Å²) in [5.74, 6) is -3.74. The predicted octanol–water partition coefficient (Wildman–Crippen LogP) is 1.11. The lowest BCUT2D eigenvalue weighted by atomic mass is 9.99. The number of nitrogens with zero attached hydrogens (tertiary/aromatic N) is 3. The fourth-order valence-corrected chi connectivity index (χ4v) is 8.07. The Morgan fingerprint density at radius 2 is 1.43 bits per heavy atom. The predicted molar refractivity (Wildman–Crippen MR) is 196 cm³/mol. The molecule has 2 aromatic rings. The fourth-order valence-electron chi connectivity index (χ4n) is 8.07. The zero-order valence-electron chi connectivity index (χ0n) is 30.9. The van der Waals surface area contributed by atoms with Gasteiger partial charge in [0.1, 0.15) is 42.9 Å². The molecule has 4 heterocycles. The van der Waals surface area contributed by atoms with Gasteiger partial charge in [0.05, 0.1) is 6.42 Å². The van der Waals surface area contributed by atoms with Crippen molar-refractivity contribution < 1.29 is 38.3 Å². The van der Waals surface area contributed by atoms with Gasteiger partial charge in [0.2, 0.25) is 35.4 Å². The first-order valence-corrected chi connectivity index (χ1v) is 19.1. The van der Waals surface area contributed by atoms with E-state index in [2.05, 4.69) is 16.0 Å². The lowest BCUT2D eigenvalue weighted by Crippen LogP contribution is -2.62. The number of esters is 1. The van der Waals surface area contributed by atoms with E-state index in [1.807, 2.05) is 67.6 Å². The van der Waals surface area contributed by atoms with E-state index in [4.69, 9.17) is 4.74 Å². The molecule has 4 aliphatic heterocycles. The van der Waals surface area contributed by atoms with Gasteiger partial charge < -0.3 is 35.4 Å². The maximum Gasteiger partial charge on any atom is 0.328 e. The van der Waals surface area contributed by atoms with Gasteiger partial charge in [0.25, 0.3) is 0 Å². The Balaban J connectivity index is 1.30. The molecule has 7 atom stereocenters. The molecule has 14 heteroatoms. The van der Waals surface area contributed by atoms with Gasteiger partial charge in [-0.1, -0.05) is 67.6 Å². The Kier molecular flexibility index (Phi) is 12.3. The summed E-state index contributed by atoms with van der Waals surface area (Å²) in [6.07, 6.45) is 3.15. The first kappa shape index (κ1) is 38.5. The van der Waals surface area contributed by atoms with E-state index >= 15 is 0 Å². The van der Waals surface area contributed by atoms with Crippen molar-refractivity contribution in [1.29, 1.82) is 0 Å². The first-order chi connectivity index (χ1) is 26.0. The van der Waals surface area contributed by atoms with E-state index in [1.165, 1.54) is 14.7 Å². The number of fused-ring (bicyclic) bond motifs is 3. The molecule has 2 aromatic carbocycles. The van der Waals surface area contributed by atoms with Crippen LogP contribution in [0.3, 0.4) is 0 Å². The van der Waals surface area contributed by atoms with Crippen molar-refractivity contribution in [3.05, 3.63) is 71.8 Å². The zero-order valence-corrected chi connectivity index (χ0v) is 30.9. The Morgan fingerprint density at radius 3 is 2.15 bits per heavy atom. The van der Waals surface area contributed by atoms with Crippen LogP contribution in [-0.2, 0) is 51.1 Å². The summed E-state index contributed by atoms with van der Waals surface area (Å²) >= 11 is 0. The number of piperidine rings is 1. The van der Waals surface area contributed by atoms with Gasteiger partial charge in [-0.05, 0) is 62.5 Å². The van der Waals surface area contributed by atoms with Crippen molar-refractivity contribution in [2.45, 2.75) is 101 Å². The number of benzene rings is 2. The Hall–Kier alpha value is -5.27. The highest BCUT2D eigenvalue weighted by Gasteiger charge is 2.46. The number of ether oxygens (including phenoxy) is 1. The van der Waals surface area contributed by atoms with Crippen LogP contribution in [0.2, 0.25) is 0 Å². The average molecular weight is 743 g/mol. The van der Waals surface area contributed by atoms with Crippen LogP contribution in [0.25, 0.3) is 0 Å². The smallest absolute Gasteiger partial charge is 0.328 e. The standard InChI is InChI=1S/C40H50N6O8/c1-25-20-33-40(53)54-24-30(43-35(48)29(21-27-12-5-3-6-13-27)42-34(47)22-28-14-7-4-8-15-28)38(51)45-19-11-17-32(45)39(52)44-18-10-9-16-31(44)36(49)41-26(2)37(50)46(33)23-25/h3-8,12-15,25-26,29-33H,9-11,16-24H2,1-2H3,(H,41,49)(H,42,47)(H,43,48)/t25-,26-,29-,30-,31-,32-,33-/m0/s1. The highest BCUT2D eigenvalue weighted by atomic mass is 16.5. The van der Waals surface area contributed by atoms with Gasteiger partial charge in [-0.15, -0.1) is 0 Å². The minimum absolute atomic E-state index is 0.0279. The molecule has 4 fully saturated rings. The number of cyclic esters (lactones) is 1. The molecule has 0 radical (unpaired) electrons. The molecule has 0 saturated carbocycles. The normalized spacial score (nSPS) is 27.3. The number of hydrogen-bond acceptors (Lipinski definition) is 8. The minimum Gasteiger partial charge on any atom is -0.461 e. The van der Waals surface area contributed by atoms with E-state index < -0.39 is 78.4 Å². The summed E-state index contributed by atoms with van der Waals surface area (Å²) < 4.78 is 5.75. The monoisotopic (exact) mass is 742 g/mol. The van der Waals surface area contributed by atoms with Crippen molar-refractivity contribution in [2.75, 3.05) is 26.2 Å². The van der Waals surface area contributed by atoms with E-state index in [9.17, 15) is 33.6 Å². The molecule has 4 aliphatic rings. The van der Waals surface area contributed by atoms with Gasteiger partial charge in [0.15, 0.2) is 0 Å². The van der Waals surface area contributed by atoms with Gasteiger partial charge in [-0.25, -0.2) is 4.79 Å². The molecule has 0 spiro atoms. The number of amides is 6. The van der Waals surface area contributed by atoms with E-state index in [0.717, 1.165) is 17.5 Å². The van der Waals surface area contributed by atoms with Gasteiger partial charge in [-0.3, -0.25) is 28.8 Å². The Morgan fingerprint density at radius 1 is 0.778 bits per heavy atom. The SMILES string of the molecule is C[C@H]1C[C@H]2C(=O)OC[C@H](NC(=O)[C@H](Cc3ccccc3)NC(=O)Cc3ccccc3)C(=O)N3CCC[C@H]3C(=O)N3CCCC[C@H]3C(=O)N[C@@H](C)C(=O)N2C1. The molecule has 6 amide bonds. The van der Waals surface area contributed by atoms with Crippen LogP contribution in [-0.4, -0.2) is 119 Å². The summed E-state index contributed by atoms with van der Waals surface area (Å²) in [6, 6.07) is 12.1. The first-order valence-electron chi connectivity index (χ1n) is 19.1. The Bertz CT molecular complexity index is 1720. The maximum atomic E-state index is 14.5. The molecular formula is C40H50N6O8. The fraction of sp³-hybridized carbons (Fsp3) is 0.525. The lowest BCUT2D eigenvalue weighted by molar-refractivity contribution is -0.158. The Labute approximate surface area is 315 Å². The topological polar surface area (TPSA) is 175 Å². The van der Waals surface area contributed by atoms with Crippen LogP contribution in [0, 0.1) is 5.92 Å². The van der Waals surface area contributed by atoms with Gasteiger partial charge in [0, 0.05) is 26.1 Å². The van der Waals surface area contributed by atoms with Crippen LogP contribution < -0.4 is 16.0 Å². The number of carbonyl (C=O) groups is 7. The molecule has 0 unspecified atom stereocenters. The lowest BCUT2D eigenvalue weighted by Gasteiger charge is -2.39. The van der Waals surface area contributed by atoms with Gasteiger partial charge >= 0.3 is 5.97 Å². The second-order valence-corrected chi connectivity index (χ2v) is 15.0. The van der Waals surface area contributed by atoms with Crippen LogP contribution in [0.15, 0.2) is 60.7 Å². The second kappa shape index (κ2) is 17.3. The van der Waals surface area contributed by atoms with Gasteiger partial charge in [-0.2, -0.15) is 0 Å². The zero-order chi connectivity index (χ0) is 38.4. The third-order valence-corrected chi connectivity index (χ3v) is 10.9. The second-order valence-electron chi connectivity index (χ2n) is 15.0. The van der Waals surface area contributed by atoms with Crippen molar-refractivity contribution in [2.24, 2.45) is 5.92 Å². The molecule has 14 nitrogen and oxygen atoms in total. The molecule has 6 rings (SSSR count). The number of rotatable bonds is 7. The van der Waals surface area contributed by atoms with Crippen molar-refractivity contribution in [3.8, 4) is 0 Å². The van der Waals surface area contributed by atoms with Crippen molar-refractivity contribution >= 4 is 41.4 Å². The van der Waals surface area contributed by atoms with E-state index in [1.54, 1.807) is 6.92 Å². The van der Waals surface area contributed by atoms with Crippen LogP contribution in [0.1, 0.15) is 63.5 Å². The third-order valence-electron chi connectivity index (χ3n) is 10.9. The molecule has 4 saturated heterocycles. The molecule has 3 N–H and O–H groups in total. The van der Waals surface area contributed by atoms with Crippen LogP contribution in [0.4, 0.5) is 0 Å². The third kappa shape index (κ3) is 8.91. The highest BCUT2D eigenvalue weighted by Crippen LogP contribution is 2.28. The molecule has 0 aliphatic carbocycles. The summed E-state index contributed by atoms with van der Waals surface area (Å²) in [5, 5.41) is 8.39. The molecule has 54 heavy (non-hydrogen) atoms. The summed E-state index contributed by atoms with van der Waals surface area (Å²) in [6.45, 7) is 3.74. The number of nitrogens with one attached hydrogen (secondary N) is 3. The summed E-state index contributed by atoms with van der Waals surface area (Å²) in [7, 11) is 0. The molecular weight excluding hydrogens is 692 g/mol. The summed E-state index contributed by atoms with van der Waals surface area (Å²) in [4.78, 5) is 101. The van der Waals surface area contributed by atoms with Crippen molar-refractivity contribution in [1.82, 2.24) is 30.7 Å². The highest BCUT2D eigenvalue weighted by molar-refractivity contribution is 5.98. The van der Waals surface area contributed by atoms with E-state index in [-0.39, 0.29) is 37.8 Å². The number of hydrogen-bond donors (Lipinski definition) is 3. The maximum absolute atomic E-state index is 14.5. The van der Waals surface area contributed by atoms with Crippen LogP contribution >= 0.6 is 0 Å². The molecule has 0 aromatic heterocycles. The molecule has 288 valence electrons. The quantitative estimate of drug-likeness (QED) is 0.354. The van der Waals surface area contributed by atoms with Crippen molar-refractivity contribution in [3.63, 3.8) is 0 Å². The molecule has 0 bridgehead atoms. The average Bonchev–Trinajstić information content (AvgIpc) is 3.83. The summed E-state index contributed by atoms with van der Waals surface area (Å²) in [5.41, 5.74) is 1.53. The number of carbonyl (C=O) groups excluding carboxylic acids is 7. The van der Waals surface area contributed by atoms with Crippen LogP contribution in [0.5, 0.6) is 0 Å².